The Bertz CT molecular complexity index is 321. The van der Waals surface area contributed by atoms with Crippen LogP contribution in [-0.4, -0.2) is 24.7 Å². The van der Waals surface area contributed by atoms with Crippen LogP contribution in [0.15, 0.2) is 5.38 Å². The highest BCUT2D eigenvalue weighted by atomic mass is 32.1. The summed E-state index contributed by atoms with van der Waals surface area (Å²) in [5.41, 5.74) is 1.09. The molecule has 1 aliphatic heterocycles. The fourth-order valence-electron chi connectivity index (χ4n) is 2.17. The maximum Gasteiger partial charge on any atom is 0.0926 e. The highest BCUT2D eigenvalue weighted by molar-refractivity contribution is 7.09. The molecule has 1 unspecified atom stereocenters. The van der Waals surface area contributed by atoms with Crippen LogP contribution >= 0.6 is 11.3 Å². The van der Waals surface area contributed by atoms with E-state index in [-0.39, 0.29) is 0 Å². The molecule has 0 aromatic carbocycles. The fraction of sp³-hybridized carbons (Fsp3) is 0.769. The van der Waals surface area contributed by atoms with Crippen LogP contribution in [0.1, 0.15) is 36.9 Å². The van der Waals surface area contributed by atoms with Gasteiger partial charge in [0, 0.05) is 12.0 Å². The zero-order chi connectivity index (χ0) is 11.9. The first-order valence-corrected chi connectivity index (χ1v) is 7.48. The molecule has 0 saturated carbocycles. The highest BCUT2D eigenvalue weighted by Gasteiger charge is 2.12. The van der Waals surface area contributed by atoms with Gasteiger partial charge in [-0.25, -0.2) is 4.98 Å². The predicted octanol–water partition coefficient (Wildman–Crippen LogP) is 2.61. The second-order valence-corrected chi connectivity index (χ2v) is 5.58. The average molecular weight is 254 g/mol. The van der Waals surface area contributed by atoms with Crippen LogP contribution in [0.25, 0.3) is 0 Å². The summed E-state index contributed by atoms with van der Waals surface area (Å²) < 4.78 is 5.70. The van der Waals surface area contributed by atoms with Crippen molar-refractivity contribution < 1.29 is 4.74 Å². The van der Waals surface area contributed by atoms with E-state index in [0.717, 1.165) is 24.6 Å². The maximum atomic E-state index is 5.70. The monoisotopic (exact) mass is 254 g/mol. The van der Waals surface area contributed by atoms with Crippen molar-refractivity contribution in [2.24, 2.45) is 5.92 Å². The lowest BCUT2D eigenvalue weighted by Gasteiger charge is -2.22. The Morgan fingerprint density at radius 2 is 2.53 bits per heavy atom. The molecule has 1 saturated heterocycles. The molecule has 4 heteroatoms. The number of nitrogens with zero attached hydrogens (tertiary/aromatic N) is 1. The number of piperidine rings is 1. The first kappa shape index (κ1) is 13.0. The zero-order valence-electron chi connectivity index (χ0n) is 10.6. The number of nitrogens with one attached hydrogen (secondary N) is 1. The second-order valence-electron chi connectivity index (χ2n) is 4.64. The third kappa shape index (κ3) is 4.37. The van der Waals surface area contributed by atoms with E-state index in [9.17, 15) is 0 Å². The van der Waals surface area contributed by atoms with Gasteiger partial charge in [0.05, 0.1) is 17.3 Å². The molecule has 0 radical (unpaired) electrons. The van der Waals surface area contributed by atoms with Crippen molar-refractivity contribution in [3.63, 3.8) is 0 Å². The van der Waals surface area contributed by atoms with Crippen molar-refractivity contribution in [1.82, 2.24) is 10.3 Å². The van der Waals surface area contributed by atoms with Gasteiger partial charge in [0.15, 0.2) is 0 Å². The number of hydrogen-bond donors (Lipinski definition) is 1. The summed E-state index contributed by atoms with van der Waals surface area (Å²) in [4.78, 5) is 4.49. The summed E-state index contributed by atoms with van der Waals surface area (Å²) in [6, 6.07) is 0. The molecule has 3 nitrogen and oxygen atoms in total. The van der Waals surface area contributed by atoms with Gasteiger partial charge in [-0.15, -0.1) is 11.3 Å². The molecule has 0 spiro atoms. The number of aromatic nitrogens is 1. The minimum Gasteiger partial charge on any atom is -0.375 e. The maximum absolute atomic E-state index is 5.70. The lowest BCUT2D eigenvalue weighted by molar-refractivity contribution is 0.101. The van der Waals surface area contributed by atoms with Gasteiger partial charge in [0.1, 0.15) is 0 Å². The SMILES string of the molecule is CCc1nc(COCCC2CCCNC2)cs1. The van der Waals surface area contributed by atoms with Gasteiger partial charge in [-0.05, 0) is 44.7 Å². The van der Waals surface area contributed by atoms with Crippen LogP contribution in [0.3, 0.4) is 0 Å². The van der Waals surface area contributed by atoms with E-state index in [1.165, 1.54) is 37.4 Å². The van der Waals surface area contributed by atoms with Crippen molar-refractivity contribution in [2.75, 3.05) is 19.7 Å². The standard InChI is InChI=1S/C13H22N2OS/c1-2-13-15-12(10-17-13)9-16-7-5-11-4-3-6-14-8-11/h10-11,14H,2-9H2,1H3. The van der Waals surface area contributed by atoms with Gasteiger partial charge in [-0.3, -0.25) is 0 Å². The Morgan fingerprint density at radius 3 is 3.24 bits per heavy atom. The predicted molar refractivity (Wildman–Crippen MR) is 71.4 cm³/mol. The first-order valence-electron chi connectivity index (χ1n) is 6.60. The number of rotatable bonds is 6. The van der Waals surface area contributed by atoms with E-state index in [2.05, 4.69) is 22.6 Å². The molecule has 2 heterocycles. The molecule has 1 N–H and O–H groups in total. The molecule has 1 aliphatic rings. The van der Waals surface area contributed by atoms with Gasteiger partial charge in [-0.2, -0.15) is 0 Å². The molecule has 0 aliphatic carbocycles. The number of aryl methyl sites for hydroxylation is 1. The molecule has 96 valence electrons. The molecular weight excluding hydrogens is 232 g/mol. The summed E-state index contributed by atoms with van der Waals surface area (Å²) in [5.74, 6) is 0.811. The number of thiazole rings is 1. The quantitative estimate of drug-likeness (QED) is 0.792. The Balaban J connectivity index is 1.59. The van der Waals surface area contributed by atoms with Crippen LogP contribution in [0.4, 0.5) is 0 Å². The van der Waals surface area contributed by atoms with Crippen molar-refractivity contribution in [2.45, 2.75) is 39.2 Å². The van der Waals surface area contributed by atoms with Gasteiger partial charge in [0.2, 0.25) is 0 Å². The fourth-order valence-corrected chi connectivity index (χ4v) is 2.90. The van der Waals surface area contributed by atoms with Crippen molar-refractivity contribution in [1.29, 1.82) is 0 Å². The highest BCUT2D eigenvalue weighted by Crippen LogP contribution is 2.15. The molecule has 1 atom stereocenters. The molecule has 1 aromatic heterocycles. The molecule has 1 fully saturated rings. The van der Waals surface area contributed by atoms with Crippen LogP contribution in [0, 0.1) is 5.92 Å². The van der Waals surface area contributed by atoms with Crippen molar-refractivity contribution >= 4 is 11.3 Å². The molecular formula is C13H22N2OS. The Morgan fingerprint density at radius 1 is 1.59 bits per heavy atom. The topological polar surface area (TPSA) is 34.1 Å². The van der Waals surface area contributed by atoms with E-state index in [0.29, 0.717) is 6.61 Å². The van der Waals surface area contributed by atoms with E-state index >= 15 is 0 Å². The normalized spacial score (nSPS) is 20.6. The van der Waals surface area contributed by atoms with Gasteiger partial charge < -0.3 is 10.1 Å². The molecule has 17 heavy (non-hydrogen) atoms. The van der Waals surface area contributed by atoms with Gasteiger partial charge >= 0.3 is 0 Å². The van der Waals surface area contributed by atoms with Gasteiger partial charge in [-0.1, -0.05) is 6.92 Å². The van der Waals surface area contributed by atoms with Crippen LogP contribution in [0.2, 0.25) is 0 Å². The molecule has 1 aromatic rings. The molecule has 2 rings (SSSR count). The van der Waals surface area contributed by atoms with Crippen LogP contribution in [0.5, 0.6) is 0 Å². The summed E-state index contributed by atoms with van der Waals surface area (Å²) in [6.45, 7) is 6.04. The Kier molecular flexibility index (Phi) is 5.42. The number of ether oxygens (including phenoxy) is 1. The lowest BCUT2D eigenvalue weighted by Crippen LogP contribution is -2.30. The molecule has 0 amide bonds. The largest absolute Gasteiger partial charge is 0.375 e. The first-order chi connectivity index (χ1) is 8.38. The Labute approximate surface area is 108 Å². The van der Waals surface area contributed by atoms with E-state index in [1.54, 1.807) is 11.3 Å². The second kappa shape index (κ2) is 7.09. The van der Waals surface area contributed by atoms with E-state index < -0.39 is 0 Å². The van der Waals surface area contributed by atoms with E-state index in [1.807, 2.05) is 0 Å². The summed E-state index contributed by atoms with van der Waals surface area (Å²) in [6.07, 6.45) is 4.87. The van der Waals surface area contributed by atoms with Gasteiger partial charge in [0.25, 0.3) is 0 Å². The van der Waals surface area contributed by atoms with Crippen molar-refractivity contribution in [3.05, 3.63) is 16.1 Å². The summed E-state index contributed by atoms with van der Waals surface area (Å²) in [5, 5.41) is 6.76. The number of hydrogen-bond acceptors (Lipinski definition) is 4. The molecule has 0 bridgehead atoms. The smallest absolute Gasteiger partial charge is 0.0926 e. The average Bonchev–Trinajstić information content (AvgIpc) is 2.84. The zero-order valence-corrected chi connectivity index (χ0v) is 11.4. The van der Waals surface area contributed by atoms with Crippen LogP contribution < -0.4 is 5.32 Å². The minimum atomic E-state index is 0.677. The third-order valence-corrected chi connectivity index (χ3v) is 4.26. The third-order valence-electron chi connectivity index (χ3n) is 3.22. The van der Waals surface area contributed by atoms with Crippen molar-refractivity contribution in [3.8, 4) is 0 Å². The van der Waals surface area contributed by atoms with Crippen LogP contribution in [-0.2, 0) is 17.8 Å². The Hall–Kier alpha value is -0.450. The summed E-state index contributed by atoms with van der Waals surface area (Å²) >= 11 is 1.73. The lowest BCUT2D eigenvalue weighted by atomic mass is 9.97. The summed E-state index contributed by atoms with van der Waals surface area (Å²) in [7, 11) is 0. The van der Waals surface area contributed by atoms with E-state index in [4.69, 9.17) is 4.74 Å². The minimum absolute atomic E-state index is 0.677.